The third-order valence-corrected chi connectivity index (χ3v) is 4.63. The summed E-state index contributed by atoms with van der Waals surface area (Å²) in [5, 5.41) is 11.8. The van der Waals surface area contributed by atoms with Crippen molar-refractivity contribution in [3.8, 4) is 0 Å². The Morgan fingerprint density at radius 1 is 1.27 bits per heavy atom. The molecule has 3 aromatic rings. The minimum atomic E-state index is -0.869. The van der Waals surface area contributed by atoms with E-state index in [1.165, 1.54) is 6.20 Å². The second-order valence-corrected chi connectivity index (χ2v) is 6.86. The van der Waals surface area contributed by atoms with Gasteiger partial charge >= 0.3 is 5.97 Å². The lowest BCUT2D eigenvalue weighted by atomic mass is 10.1. The minimum Gasteiger partial charge on any atom is -0.481 e. The van der Waals surface area contributed by atoms with Gasteiger partial charge in [0, 0.05) is 25.2 Å². The Bertz CT molecular complexity index is 1120. The van der Waals surface area contributed by atoms with E-state index in [0.717, 1.165) is 16.7 Å². The van der Waals surface area contributed by atoms with Gasteiger partial charge in [0.2, 0.25) is 5.90 Å². The molecule has 0 aliphatic rings. The van der Waals surface area contributed by atoms with Crippen LogP contribution in [0.15, 0.2) is 47.7 Å². The number of aryl methyl sites for hydroxylation is 2. The predicted octanol–water partition coefficient (Wildman–Crippen LogP) is 2.72. The van der Waals surface area contributed by atoms with Crippen LogP contribution < -0.4 is 11.2 Å². The molecule has 30 heavy (non-hydrogen) atoms. The Labute approximate surface area is 173 Å². The number of hydrogen-bond donors (Lipinski definition) is 3. The first-order chi connectivity index (χ1) is 14.4. The van der Waals surface area contributed by atoms with Crippen molar-refractivity contribution in [2.24, 2.45) is 10.9 Å². The number of imidazole rings is 1. The van der Waals surface area contributed by atoms with Crippen molar-refractivity contribution in [3.05, 3.63) is 65.1 Å². The smallest absolute Gasteiger partial charge is 0.303 e. The maximum Gasteiger partial charge on any atom is 0.303 e. The van der Waals surface area contributed by atoms with Gasteiger partial charge < -0.3 is 15.3 Å². The number of carboxylic acid groups (broad SMARTS) is 1. The summed E-state index contributed by atoms with van der Waals surface area (Å²) in [4.78, 5) is 36.7. The van der Waals surface area contributed by atoms with Crippen molar-refractivity contribution in [3.63, 3.8) is 0 Å². The molecule has 0 atom stereocenters. The highest BCUT2D eigenvalue weighted by Crippen LogP contribution is 2.19. The van der Waals surface area contributed by atoms with Crippen LogP contribution in [0.5, 0.6) is 0 Å². The van der Waals surface area contributed by atoms with Crippen molar-refractivity contribution >= 4 is 29.1 Å². The zero-order valence-electron chi connectivity index (χ0n) is 16.8. The van der Waals surface area contributed by atoms with E-state index in [9.17, 15) is 9.59 Å². The van der Waals surface area contributed by atoms with Gasteiger partial charge in [0.15, 0.2) is 0 Å². The van der Waals surface area contributed by atoms with E-state index >= 15 is 0 Å². The molecule has 0 bridgehead atoms. The number of carbonyl (C=O) groups excluding carboxylic acids is 1. The third-order valence-electron chi connectivity index (χ3n) is 4.63. The van der Waals surface area contributed by atoms with Gasteiger partial charge in [0.05, 0.1) is 12.7 Å². The number of anilines is 1. The zero-order chi connectivity index (χ0) is 21.7. The summed E-state index contributed by atoms with van der Waals surface area (Å²) in [5.41, 5.74) is 4.23. The van der Waals surface area contributed by atoms with E-state index < -0.39 is 5.97 Å². The van der Waals surface area contributed by atoms with Gasteiger partial charge in [-0.15, -0.1) is 0 Å². The Morgan fingerprint density at radius 2 is 2.03 bits per heavy atom. The molecule has 0 aliphatic carbocycles. The van der Waals surface area contributed by atoms with Crippen molar-refractivity contribution < 1.29 is 19.5 Å². The van der Waals surface area contributed by atoms with Gasteiger partial charge in [-0.25, -0.2) is 9.98 Å². The van der Waals surface area contributed by atoms with Crippen LogP contribution in [-0.4, -0.2) is 32.3 Å². The maximum atomic E-state index is 12.9. The number of aliphatic imine (C=N–C) groups is 1. The van der Waals surface area contributed by atoms with Crippen LogP contribution in [0.2, 0.25) is 0 Å². The number of fused-ring (bicyclic) bond motifs is 1. The average molecular weight is 409 g/mol. The van der Waals surface area contributed by atoms with E-state index in [-0.39, 0.29) is 12.3 Å². The first-order valence-electron chi connectivity index (χ1n) is 9.34. The Balaban J connectivity index is 1.82. The zero-order valence-corrected chi connectivity index (χ0v) is 16.8. The Morgan fingerprint density at radius 3 is 2.77 bits per heavy atom. The standard InChI is InChI=1S/C21H23N5O4/c1-13-3-4-16(10-23-14(2)30-22)9-17(13)25-21(29)18-11-24-19-7-5-15(12-26(18)19)6-8-20(27)28/h3-5,7,9,11-12H,6,8,10,22H2,1-2H3,(H,25,29)(H,27,28). The fourth-order valence-electron chi connectivity index (χ4n) is 2.92. The quantitative estimate of drug-likeness (QED) is 0.312. The molecule has 2 heterocycles. The van der Waals surface area contributed by atoms with Gasteiger partial charge in [0.25, 0.3) is 5.91 Å². The van der Waals surface area contributed by atoms with Crippen LogP contribution >= 0.6 is 0 Å². The lowest BCUT2D eigenvalue weighted by Crippen LogP contribution is -2.15. The summed E-state index contributed by atoms with van der Waals surface area (Å²) in [6.45, 7) is 3.93. The molecule has 9 heteroatoms. The molecule has 1 amide bonds. The van der Waals surface area contributed by atoms with Crippen molar-refractivity contribution in [2.45, 2.75) is 33.2 Å². The number of hydrogen-bond acceptors (Lipinski definition) is 6. The largest absolute Gasteiger partial charge is 0.481 e. The normalized spacial score (nSPS) is 11.5. The van der Waals surface area contributed by atoms with Crippen molar-refractivity contribution in [1.82, 2.24) is 9.38 Å². The van der Waals surface area contributed by atoms with Gasteiger partial charge in [-0.05, 0) is 42.2 Å². The number of nitrogens with one attached hydrogen (secondary N) is 1. The minimum absolute atomic E-state index is 0.0187. The highest BCUT2D eigenvalue weighted by atomic mass is 16.6. The molecule has 1 aromatic carbocycles. The highest BCUT2D eigenvalue weighted by molar-refractivity contribution is 6.04. The van der Waals surface area contributed by atoms with E-state index in [4.69, 9.17) is 11.0 Å². The molecule has 9 nitrogen and oxygen atoms in total. The van der Waals surface area contributed by atoms with Gasteiger partial charge in [0.1, 0.15) is 11.3 Å². The number of rotatable bonds is 7. The Hall–Kier alpha value is -3.72. The molecule has 0 fully saturated rings. The SMILES string of the molecule is CC(=NCc1ccc(C)c(NC(=O)c2cnc3ccc(CCC(=O)O)cn23)c1)ON. The maximum absolute atomic E-state index is 12.9. The molecule has 0 unspecified atom stereocenters. The fourth-order valence-corrected chi connectivity index (χ4v) is 2.92. The topological polar surface area (TPSA) is 131 Å². The molecule has 4 N–H and O–H groups in total. The second-order valence-electron chi connectivity index (χ2n) is 6.86. The molecular formula is C21H23N5O4. The van der Waals surface area contributed by atoms with Crippen LogP contribution in [0.1, 0.15) is 40.5 Å². The first-order valence-corrected chi connectivity index (χ1v) is 9.34. The number of nitrogens with zero attached hydrogens (tertiary/aromatic N) is 3. The molecule has 0 spiro atoms. The average Bonchev–Trinajstić information content (AvgIpc) is 3.15. The number of aromatic nitrogens is 2. The molecule has 2 aromatic heterocycles. The monoisotopic (exact) mass is 409 g/mol. The molecule has 0 saturated carbocycles. The molecule has 156 valence electrons. The van der Waals surface area contributed by atoms with Crippen LogP contribution in [0.25, 0.3) is 5.65 Å². The van der Waals surface area contributed by atoms with Crippen LogP contribution in [-0.2, 0) is 22.6 Å². The van der Waals surface area contributed by atoms with Crippen LogP contribution in [0.4, 0.5) is 5.69 Å². The third kappa shape index (κ3) is 5.00. The van der Waals surface area contributed by atoms with Gasteiger partial charge in [-0.3, -0.25) is 14.0 Å². The number of carboxylic acids is 1. The molecule has 3 rings (SSSR count). The van der Waals surface area contributed by atoms with Gasteiger partial charge in [-0.2, -0.15) is 5.90 Å². The fraction of sp³-hybridized carbons (Fsp3) is 0.238. The Kier molecular flexibility index (Phi) is 6.43. The molecule has 0 radical (unpaired) electrons. The number of pyridine rings is 1. The summed E-state index contributed by atoms with van der Waals surface area (Å²) in [6, 6.07) is 9.24. The van der Waals surface area contributed by atoms with E-state index in [1.807, 2.05) is 31.2 Å². The number of carbonyl (C=O) groups is 2. The number of amides is 1. The van der Waals surface area contributed by atoms with Crippen LogP contribution in [0, 0.1) is 6.92 Å². The summed E-state index contributed by atoms with van der Waals surface area (Å²) in [6.07, 6.45) is 3.63. The number of aliphatic carboxylic acids is 1. The second kappa shape index (κ2) is 9.19. The van der Waals surface area contributed by atoms with E-state index in [0.29, 0.717) is 35.9 Å². The molecular weight excluding hydrogens is 386 g/mol. The summed E-state index contributed by atoms with van der Waals surface area (Å²) in [5.74, 6) is 4.26. The van der Waals surface area contributed by atoms with Crippen molar-refractivity contribution in [2.75, 3.05) is 5.32 Å². The summed E-state index contributed by atoms with van der Waals surface area (Å²) in [7, 11) is 0. The first kappa shape index (κ1) is 21.0. The number of nitrogens with two attached hydrogens (primary N) is 1. The summed E-state index contributed by atoms with van der Waals surface area (Å²) >= 11 is 0. The molecule has 0 aliphatic heterocycles. The predicted molar refractivity (Wildman–Crippen MR) is 112 cm³/mol. The number of benzene rings is 1. The van der Waals surface area contributed by atoms with E-state index in [1.54, 1.807) is 23.6 Å². The molecule has 0 saturated heterocycles. The lowest BCUT2D eigenvalue weighted by Gasteiger charge is -2.10. The van der Waals surface area contributed by atoms with E-state index in [2.05, 4.69) is 20.1 Å². The lowest BCUT2D eigenvalue weighted by molar-refractivity contribution is -0.136. The van der Waals surface area contributed by atoms with Gasteiger partial charge in [-0.1, -0.05) is 18.2 Å². The highest BCUT2D eigenvalue weighted by Gasteiger charge is 2.14. The van der Waals surface area contributed by atoms with Crippen molar-refractivity contribution in [1.29, 1.82) is 0 Å². The summed E-state index contributed by atoms with van der Waals surface area (Å²) < 4.78 is 1.66. The van der Waals surface area contributed by atoms with Crippen LogP contribution in [0.3, 0.4) is 0 Å².